The predicted molar refractivity (Wildman–Crippen MR) is 150 cm³/mol. The first-order valence-electron chi connectivity index (χ1n) is 13.5. The lowest BCUT2D eigenvalue weighted by atomic mass is 10.1. The van der Waals surface area contributed by atoms with Crippen LogP contribution < -0.4 is 15.4 Å². The minimum atomic E-state index is 0.0228. The Morgan fingerprint density at radius 2 is 1.64 bits per heavy atom. The normalized spacial score (nSPS) is 18.4. The predicted octanol–water partition coefficient (Wildman–Crippen LogP) is 3.83. The zero-order valence-corrected chi connectivity index (χ0v) is 22.8. The monoisotopic (exact) mass is 513 g/mol. The van der Waals surface area contributed by atoms with Crippen LogP contribution in [0.4, 0.5) is 5.00 Å². The number of thiophene rings is 1. The van der Waals surface area contributed by atoms with E-state index < -0.39 is 0 Å². The van der Waals surface area contributed by atoms with E-state index in [0.717, 1.165) is 60.2 Å². The molecule has 2 saturated heterocycles. The van der Waals surface area contributed by atoms with Crippen LogP contribution in [0, 0.1) is 0 Å². The van der Waals surface area contributed by atoms with Gasteiger partial charge in [0.2, 0.25) is 5.91 Å². The van der Waals surface area contributed by atoms with E-state index in [1.54, 1.807) is 11.3 Å². The Morgan fingerprint density at radius 1 is 0.917 bits per heavy atom. The van der Waals surface area contributed by atoms with E-state index in [1.165, 1.54) is 45.6 Å². The lowest BCUT2D eigenvalue weighted by molar-refractivity contribution is -0.115. The number of amides is 1. The smallest absolute Gasteiger partial charge is 0.238 e. The van der Waals surface area contributed by atoms with E-state index >= 15 is 0 Å². The molecular weight excluding hydrogens is 470 g/mol. The molecule has 0 unspecified atom stereocenters. The number of anilines is 1. The highest BCUT2D eigenvalue weighted by atomic mass is 32.1. The van der Waals surface area contributed by atoms with Crippen LogP contribution in [0.25, 0.3) is 10.4 Å². The van der Waals surface area contributed by atoms with Gasteiger partial charge in [-0.2, -0.15) is 0 Å². The van der Waals surface area contributed by atoms with Gasteiger partial charge in [-0.05, 0) is 108 Å². The summed E-state index contributed by atoms with van der Waals surface area (Å²) in [7, 11) is 4.35. The standard InChI is InChI=1S/C28H43N5O2S/c1-31-15-12-24(13-16-31)29-22-27(34)30-28-11-10-26(36-28)23-6-8-25(9-7-23)35-21-5-3-4-14-33-19-17-32(2)18-20-33/h6-11,24,29H,3-5,12-22H2,1-2H3,(H,30,34). The molecule has 2 aliphatic rings. The van der Waals surface area contributed by atoms with Crippen molar-refractivity contribution in [3.05, 3.63) is 36.4 Å². The van der Waals surface area contributed by atoms with Gasteiger partial charge in [-0.1, -0.05) is 0 Å². The fourth-order valence-electron chi connectivity index (χ4n) is 4.78. The van der Waals surface area contributed by atoms with Crippen molar-refractivity contribution >= 4 is 22.2 Å². The first-order chi connectivity index (χ1) is 17.5. The Hall–Kier alpha value is -1.97. The van der Waals surface area contributed by atoms with E-state index in [-0.39, 0.29) is 5.91 Å². The fourth-order valence-corrected chi connectivity index (χ4v) is 5.71. The molecule has 2 N–H and O–H groups in total. The van der Waals surface area contributed by atoms with Gasteiger partial charge in [0.05, 0.1) is 18.2 Å². The molecule has 2 aromatic rings. The van der Waals surface area contributed by atoms with E-state index in [0.29, 0.717) is 12.6 Å². The lowest BCUT2D eigenvalue weighted by Gasteiger charge is -2.32. The maximum absolute atomic E-state index is 12.4. The number of piperazine rings is 1. The summed E-state index contributed by atoms with van der Waals surface area (Å²) in [6.45, 7) is 9.31. The largest absolute Gasteiger partial charge is 0.494 e. The summed E-state index contributed by atoms with van der Waals surface area (Å²) in [6.07, 6.45) is 5.75. The van der Waals surface area contributed by atoms with E-state index in [2.05, 4.69) is 57.6 Å². The van der Waals surface area contributed by atoms with Gasteiger partial charge in [-0.15, -0.1) is 11.3 Å². The average Bonchev–Trinajstić information content (AvgIpc) is 3.35. The van der Waals surface area contributed by atoms with Crippen LogP contribution in [0.3, 0.4) is 0 Å². The Morgan fingerprint density at radius 3 is 2.39 bits per heavy atom. The van der Waals surface area contributed by atoms with Crippen molar-refractivity contribution in [1.29, 1.82) is 0 Å². The van der Waals surface area contributed by atoms with Crippen molar-refractivity contribution in [3.63, 3.8) is 0 Å². The van der Waals surface area contributed by atoms with Gasteiger partial charge in [-0.25, -0.2) is 0 Å². The number of rotatable bonds is 12. The fraction of sp³-hybridized carbons (Fsp3) is 0.607. The third-order valence-electron chi connectivity index (χ3n) is 7.26. The summed E-state index contributed by atoms with van der Waals surface area (Å²) in [4.78, 5) is 20.8. The summed E-state index contributed by atoms with van der Waals surface area (Å²) < 4.78 is 5.96. The number of piperidine rings is 1. The van der Waals surface area contributed by atoms with E-state index in [1.807, 2.05) is 18.2 Å². The minimum Gasteiger partial charge on any atom is -0.494 e. The first kappa shape index (κ1) is 27.1. The number of carbonyl (C=O) groups is 1. The maximum atomic E-state index is 12.4. The number of likely N-dealkylation sites (N-methyl/N-ethyl adjacent to an activating group) is 1. The summed E-state index contributed by atoms with van der Waals surface area (Å²) >= 11 is 1.61. The van der Waals surface area contributed by atoms with Crippen LogP contribution in [0.1, 0.15) is 32.1 Å². The Labute approximate surface area is 220 Å². The molecule has 4 rings (SSSR count). The third kappa shape index (κ3) is 8.85. The van der Waals surface area contributed by atoms with Gasteiger partial charge in [0.15, 0.2) is 0 Å². The van der Waals surface area contributed by atoms with E-state index in [4.69, 9.17) is 4.74 Å². The second-order valence-corrected chi connectivity index (χ2v) is 11.3. The molecule has 0 bridgehead atoms. The van der Waals surface area contributed by atoms with E-state index in [9.17, 15) is 4.79 Å². The highest BCUT2D eigenvalue weighted by Crippen LogP contribution is 2.32. The molecule has 0 saturated carbocycles. The molecule has 1 aromatic heterocycles. The molecule has 2 aliphatic heterocycles. The number of nitrogens with one attached hydrogen (secondary N) is 2. The highest BCUT2D eigenvalue weighted by Gasteiger charge is 2.17. The number of hydrogen-bond acceptors (Lipinski definition) is 7. The number of nitrogens with zero attached hydrogens (tertiary/aromatic N) is 3. The Bertz CT molecular complexity index is 918. The van der Waals surface area contributed by atoms with Crippen LogP contribution in [0.5, 0.6) is 5.75 Å². The lowest BCUT2D eigenvalue weighted by Crippen LogP contribution is -2.44. The van der Waals surface area contributed by atoms with Gasteiger partial charge in [-0.3, -0.25) is 4.79 Å². The molecule has 1 aromatic carbocycles. The molecule has 3 heterocycles. The molecule has 0 radical (unpaired) electrons. The zero-order valence-electron chi connectivity index (χ0n) is 22.0. The molecule has 2 fully saturated rings. The summed E-state index contributed by atoms with van der Waals surface area (Å²) in [5.74, 6) is 0.942. The molecule has 7 nitrogen and oxygen atoms in total. The SMILES string of the molecule is CN1CCC(NCC(=O)Nc2ccc(-c3ccc(OCCCCCN4CCN(C)CC4)cc3)s2)CC1. The number of hydrogen-bond donors (Lipinski definition) is 2. The van der Waals surface area contributed by atoms with Crippen molar-refractivity contribution in [3.8, 4) is 16.2 Å². The van der Waals surface area contributed by atoms with Crippen LogP contribution in [0.15, 0.2) is 36.4 Å². The van der Waals surface area contributed by atoms with Gasteiger partial charge >= 0.3 is 0 Å². The number of carbonyl (C=O) groups excluding carboxylic acids is 1. The van der Waals surface area contributed by atoms with Crippen LogP contribution in [-0.4, -0.2) is 99.7 Å². The topological polar surface area (TPSA) is 60.1 Å². The quantitative estimate of drug-likeness (QED) is 0.421. The van der Waals surface area contributed by atoms with Crippen molar-refractivity contribution in [1.82, 2.24) is 20.0 Å². The second kappa shape index (κ2) is 14.1. The third-order valence-corrected chi connectivity index (χ3v) is 8.31. The van der Waals surface area contributed by atoms with Gasteiger partial charge in [0, 0.05) is 37.1 Å². The molecule has 0 atom stereocenters. The highest BCUT2D eigenvalue weighted by molar-refractivity contribution is 7.19. The van der Waals surface area contributed by atoms with Gasteiger partial charge in [0.25, 0.3) is 0 Å². The average molecular weight is 514 g/mol. The van der Waals surface area contributed by atoms with Gasteiger partial charge < -0.3 is 30.1 Å². The number of likely N-dealkylation sites (tertiary alicyclic amines) is 1. The van der Waals surface area contributed by atoms with Crippen molar-refractivity contribution in [2.45, 2.75) is 38.1 Å². The summed E-state index contributed by atoms with van der Waals surface area (Å²) in [5.41, 5.74) is 1.14. The Balaban J connectivity index is 1.11. The van der Waals surface area contributed by atoms with Crippen molar-refractivity contribution < 1.29 is 9.53 Å². The number of ether oxygens (including phenoxy) is 1. The second-order valence-electron chi connectivity index (χ2n) is 10.2. The molecular formula is C28H43N5O2S. The number of benzene rings is 1. The van der Waals surface area contributed by atoms with Crippen LogP contribution in [0.2, 0.25) is 0 Å². The molecule has 1 amide bonds. The Kier molecular flexibility index (Phi) is 10.6. The number of unbranched alkanes of at least 4 members (excludes halogenated alkanes) is 2. The minimum absolute atomic E-state index is 0.0228. The molecule has 0 spiro atoms. The first-order valence-corrected chi connectivity index (χ1v) is 14.3. The summed E-state index contributed by atoms with van der Waals surface area (Å²) in [6, 6.07) is 12.8. The molecule has 198 valence electrons. The maximum Gasteiger partial charge on any atom is 0.238 e. The van der Waals surface area contributed by atoms with Gasteiger partial charge in [0.1, 0.15) is 5.75 Å². The molecule has 0 aliphatic carbocycles. The van der Waals surface area contributed by atoms with Crippen LogP contribution in [-0.2, 0) is 4.79 Å². The van der Waals surface area contributed by atoms with Crippen molar-refractivity contribution in [2.24, 2.45) is 0 Å². The van der Waals surface area contributed by atoms with Crippen LogP contribution >= 0.6 is 11.3 Å². The zero-order chi connectivity index (χ0) is 25.2. The summed E-state index contributed by atoms with van der Waals surface area (Å²) in [5, 5.41) is 7.32. The van der Waals surface area contributed by atoms with Crippen molar-refractivity contribution in [2.75, 3.05) is 78.4 Å². The molecule has 8 heteroatoms. The molecule has 36 heavy (non-hydrogen) atoms.